The molecule has 0 spiro atoms. The van der Waals surface area contributed by atoms with Gasteiger partial charge in [0.2, 0.25) is 0 Å². The SMILES string of the molecule is CC(=O)[O-].O=C(O)CC(=O)O.[NH4+]. The molecule has 72 valence electrons. The van der Waals surface area contributed by atoms with Gasteiger partial charge >= 0.3 is 11.9 Å². The summed E-state index contributed by atoms with van der Waals surface area (Å²) in [6.45, 7) is 0.972. The minimum absolute atomic E-state index is 0. The molecule has 0 heterocycles. The molecule has 7 heteroatoms. The summed E-state index contributed by atoms with van der Waals surface area (Å²) in [5, 5.41) is 24.3. The maximum atomic E-state index is 9.43. The van der Waals surface area contributed by atoms with E-state index >= 15 is 0 Å². The predicted octanol–water partition coefficient (Wildman–Crippen LogP) is -1.32. The average Bonchev–Trinajstić information content (AvgIpc) is 1.56. The van der Waals surface area contributed by atoms with Crippen LogP contribution < -0.4 is 11.3 Å². The van der Waals surface area contributed by atoms with Crippen LogP contribution in [0.25, 0.3) is 0 Å². The molecular formula is C5H11NO6. The summed E-state index contributed by atoms with van der Waals surface area (Å²) in [5.41, 5.74) is 0. The summed E-state index contributed by atoms with van der Waals surface area (Å²) in [5.74, 6) is -3.71. The molecule has 0 unspecified atom stereocenters. The highest BCUT2D eigenvalue weighted by atomic mass is 16.4. The van der Waals surface area contributed by atoms with Crippen molar-refractivity contribution in [2.45, 2.75) is 13.3 Å². The zero-order chi connectivity index (χ0) is 9.44. The fourth-order valence-electron chi connectivity index (χ4n) is 0.129. The summed E-state index contributed by atoms with van der Waals surface area (Å²) in [6.07, 6.45) is -0.806. The molecule has 0 aromatic heterocycles. The van der Waals surface area contributed by atoms with Gasteiger partial charge in [0.05, 0.1) is 0 Å². The van der Waals surface area contributed by atoms with E-state index in [0.717, 1.165) is 6.92 Å². The molecule has 0 aromatic rings. The number of quaternary nitrogens is 1. The van der Waals surface area contributed by atoms with Gasteiger partial charge in [0, 0.05) is 5.97 Å². The van der Waals surface area contributed by atoms with E-state index < -0.39 is 24.3 Å². The first-order valence-electron chi connectivity index (χ1n) is 2.47. The predicted molar refractivity (Wildman–Crippen MR) is 36.6 cm³/mol. The number of carboxylic acid groups (broad SMARTS) is 3. The second kappa shape index (κ2) is 9.37. The molecule has 0 atom stereocenters. The summed E-state index contributed by atoms with van der Waals surface area (Å²) >= 11 is 0. The number of hydrogen-bond donors (Lipinski definition) is 3. The first-order valence-corrected chi connectivity index (χ1v) is 2.47. The van der Waals surface area contributed by atoms with Crippen LogP contribution in [0.1, 0.15) is 13.3 Å². The second-order valence-electron chi connectivity index (χ2n) is 1.46. The van der Waals surface area contributed by atoms with Gasteiger partial charge in [-0.3, -0.25) is 9.59 Å². The molecule has 0 aliphatic heterocycles. The van der Waals surface area contributed by atoms with Gasteiger partial charge in [-0.15, -0.1) is 0 Å². The Morgan fingerprint density at radius 2 is 1.33 bits per heavy atom. The summed E-state index contributed by atoms with van der Waals surface area (Å²) in [4.78, 5) is 27.7. The monoisotopic (exact) mass is 181 g/mol. The van der Waals surface area contributed by atoms with E-state index in [1.165, 1.54) is 0 Å². The standard InChI is InChI=1S/C3H4O4.C2H4O2.H3N/c4-2(5)1-3(6)7;1-2(3)4;/h1H2,(H,4,5)(H,6,7);1H3,(H,3,4);1H3. The summed E-state index contributed by atoms with van der Waals surface area (Å²) < 4.78 is 0. The minimum Gasteiger partial charge on any atom is -0.550 e. The summed E-state index contributed by atoms with van der Waals surface area (Å²) in [7, 11) is 0. The lowest BCUT2D eigenvalue weighted by Gasteiger charge is -1.80. The Morgan fingerprint density at radius 3 is 1.33 bits per heavy atom. The molecule has 0 aliphatic carbocycles. The van der Waals surface area contributed by atoms with E-state index in [9.17, 15) is 9.59 Å². The Hall–Kier alpha value is -1.63. The molecule has 0 rings (SSSR count). The van der Waals surface area contributed by atoms with Crippen LogP contribution in [-0.2, 0) is 14.4 Å². The van der Waals surface area contributed by atoms with Crippen LogP contribution in [0, 0.1) is 0 Å². The van der Waals surface area contributed by atoms with E-state index in [4.69, 9.17) is 20.1 Å². The largest absolute Gasteiger partial charge is 0.550 e. The molecule has 6 N–H and O–H groups in total. The molecular weight excluding hydrogens is 170 g/mol. The molecule has 0 saturated carbocycles. The molecule has 0 bridgehead atoms. The first kappa shape index (κ1) is 16.8. The molecule has 7 nitrogen and oxygen atoms in total. The van der Waals surface area contributed by atoms with Crippen molar-refractivity contribution in [1.82, 2.24) is 6.15 Å². The van der Waals surface area contributed by atoms with Crippen molar-refractivity contribution in [2.24, 2.45) is 0 Å². The molecule has 0 fully saturated rings. The molecule has 0 radical (unpaired) electrons. The number of hydrogen-bond acceptors (Lipinski definition) is 4. The van der Waals surface area contributed by atoms with Crippen molar-refractivity contribution in [3.8, 4) is 0 Å². The maximum absolute atomic E-state index is 9.43. The van der Waals surface area contributed by atoms with Crippen LogP contribution >= 0.6 is 0 Å². The van der Waals surface area contributed by atoms with Gasteiger partial charge in [-0.25, -0.2) is 0 Å². The second-order valence-corrected chi connectivity index (χ2v) is 1.46. The van der Waals surface area contributed by atoms with Gasteiger partial charge in [-0.05, 0) is 6.92 Å². The van der Waals surface area contributed by atoms with E-state index in [2.05, 4.69) is 0 Å². The Labute approximate surface area is 68.2 Å². The maximum Gasteiger partial charge on any atom is 0.314 e. The van der Waals surface area contributed by atoms with Gasteiger partial charge < -0.3 is 26.3 Å². The van der Waals surface area contributed by atoms with Crippen LogP contribution in [-0.4, -0.2) is 28.1 Å². The van der Waals surface area contributed by atoms with E-state index in [-0.39, 0.29) is 6.15 Å². The topological polar surface area (TPSA) is 151 Å². The zero-order valence-corrected chi connectivity index (χ0v) is 6.73. The lowest BCUT2D eigenvalue weighted by Crippen LogP contribution is -2.16. The normalized spacial score (nSPS) is 6.75. The molecule has 0 aromatic carbocycles. The minimum atomic E-state index is -1.31. The van der Waals surface area contributed by atoms with E-state index in [1.807, 2.05) is 0 Å². The Balaban J connectivity index is -0.000000142. The Morgan fingerprint density at radius 1 is 1.17 bits per heavy atom. The average molecular weight is 181 g/mol. The van der Waals surface area contributed by atoms with Crippen LogP contribution in [0.3, 0.4) is 0 Å². The third kappa shape index (κ3) is 80.9. The third-order valence-electron chi connectivity index (χ3n) is 0.302. The van der Waals surface area contributed by atoms with Crippen molar-refractivity contribution in [3.63, 3.8) is 0 Å². The lowest BCUT2D eigenvalue weighted by atomic mass is 10.5. The van der Waals surface area contributed by atoms with Crippen molar-refractivity contribution < 1.29 is 29.7 Å². The fourth-order valence-corrected chi connectivity index (χ4v) is 0.129. The van der Waals surface area contributed by atoms with Gasteiger partial charge in [-0.1, -0.05) is 0 Å². The smallest absolute Gasteiger partial charge is 0.314 e. The van der Waals surface area contributed by atoms with E-state index in [1.54, 1.807) is 0 Å². The highest BCUT2D eigenvalue weighted by molar-refractivity contribution is 5.88. The van der Waals surface area contributed by atoms with Gasteiger partial charge in [-0.2, -0.15) is 0 Å². The highest BCUT2D eigenvalue weighted by Crippen LogP contribution is 1.74. The Kier molecular flexibility index (Phi) is 13.1. The number of rotatable bonds is 2. The van der Waals surface area contributed by atoms with E-state index in [0.29, 0.717) is 0 Å². The number of carbonyl (C=O) groups is 3. The molecule has 0 aliphatic rings. The molecule has 12 heavy (non-hydrogen) atoms. The summed E-state index contributed by atoms with van der Waals surface area (Å²) in [6, 6.07) is 0. The van der Waals surface area contributed by atoms with Crippen LogP contribution in [0.5, 0.6) is 0 Å². The first-order chi connectivity index (χ1) is 4.86. The van der Waals surface area contributed by atoms with Gasteiger partial charge in [0.25, 0.3) is 0 Å². The Bertz CT molecular complexity index is 149. The number of aliphatic carboxylic acids is 3. The number of carboxylic acids is 3. The lowest BCUT2D eigenvalue weighted by molar-refractivity contribution is -0.302. The highest BCUT2D eigenvalue weighted by Gasteiger charge is 2.01. The van der Waals surface area contributed by atoms with Crippen LogP contribution in [0.4, 0.5) is 0 Å². The quantitative estimate of drug-likeness (QED) is 0.449. The third-order valence-corrected chi connectivity index (χ3v) is 0.302. The van der Waals surface area contributed by atoms with Crippen molar-refractivity contribution >= 4 is 17.9 Å². The van der Waals surface area contributed by atoms with Gasteiger partial charge in [0.15, 0.2) is 0 Å². The van der Waals surface area contributed by atoms with Crippen molar-refractivity contribution in [1.29, 1.82) is 0 Å². The van der Waals surface area contributed by atoms with Crippen molar-refractivity contribution in [3.05, 3.63) is 0 Å². The van der Waals surface area contributed by atoms with Crippen LogP contribution in [0.2, 0.25) is 0 Å². The fraction of sp³-hybridized carbons (Fsp3) is 0.400. The number of carbonyl (C=O) groups excluding carboxylic acids is 1. The van der Waals surface area contributed by atoms with Crippen LogP contribution in [0.15, 0.2) is 0 Å². The van der Waals surface area contributed by atoms with Gasteiger partial charge in [0.1, 0.15) is 6.42 Å². The zero-order valence-electron chi connectivity index (χ0n) is 6.73. The molecule has 0 saturated heterocycles. The van der Waals surface area contributed by atoms with Crippen molar-refractivity contribution in [2.75, 3.05) is 0 Å². The molecule has 0 amide bonds.